The van der Waals surface area contributed by atoms with Crippen molar-refractivity contribution in [3.63, 3.8) is 0 Å². The Bertz CT molecular complexity index is 337. The number of nitrogens with two attached hydrogens (primary N) is 1. The number of aromatic carboxylic acids is 1. The van der Waals surface area contributed by atoms with Crippen LogP contribution in [-0.2, 0) is 0 Å². The Morgan fingerprint density at radius 3 is 2.86 bits per heavy atom. The van der Waals surface area contributed by atoms with Gasteiger partial charge in [0.25, 0.3) is 0 Å². The van der Waals surface area contributed by atoms with Crippen LogP contribution >= 0.6 is 0 Å². The molecule has 0 aromatic heterocycles. The SMILES string of the molecule is Cc1ccc(C(=O)O)cc1NCCN. The molecule has 4 nitrogen and oxygen atoms in total. The molecular formula is C10H14N2O2. The fraction of sp³-hybridized carbons (Fsp3) is 0.300. The Morgan fingerprint density at radius 1 is 1.57 bits per heavy atom. The van der Waals surface area contributed by atoms with Crippen LogP contribution in [0.25, 0.3) is 0 Å². The fourth-order valence-electron chi connectivity index (χ4n) is 1.15. The lowest BCUT2D eigenvalue weighted by molar-refractivity contribution is 0.0697. The maximum Gasteiger partial charge on any atom is 0.335 e. The molecule has 0 aliphatic carbocycles. The summed E-state index contributed by atoms with van der Waals surface area (Å²) in [6.07, 6.45) is 0. The van der Waals surface area contributed by atoms with E-state index in [0.717, 1.165) is 11.3 Å². The number of benzene rings is 1. The van der Waals surface area contributed by atoms with Crippen molar-refractivity contribution >= 4 is 11.7 Å². The number of nitrogens with one attached hydrogen (secondary N) is 1. The molecule has 0 spiro atoms. The molecule has 0 unspecified atom stereocenters. The van der Waals surface area contributed by atoms with Crippen molar-refractivity contribution in [3.8, 4) is 0 Å². The Balaban J connectivity index is 2.90. The Kier molecular flexibility index (Phi) is 3.48. The maximum absolute atomic E-state index is 10.7. The van der Waals surface area contributed by atoms with Crippen LogP contribution in [-0.4, -0.2) is 24.2 Å². The first-order chi connectivity index (χ1) is 6.65. The second kappa shape index (κ2) is 4.62. The second-order valence-electron chi connectivity index (χ2n) is 3.05. The number of carboxylic acid groups (broad SMARTS) is 1. The van der Waals surface area contributed by atoms with Gasteiger partial charge in [0.1, 0.15) is 0 Å². The minimum Gasteiger partial charge on any atom is -0.478 e. The van der Waals surface area contributed by atoms with Crippen molar-refractivity contribution < 1.29 is 9.90 Å². The van der Waals surface area contributed by atoms with E-state index in [-0.39, 0.29) is 5.56 Å². The Hall–Kier alpha value is -1.55. The average Bonchev–Trinajstić information content (AvgIpc) is 2.16. The summed E-state index contributed by atoms with van der Waals surface area (Å²) in [5.41, 5.74) is 7.48. The fourth-order valence-corrected chi connectivity index (χ4v) is 1.15. The average molecular weight is 194 g/mol. The van der Waals surface area contributed by atoms with Crippen LogP contribution in [0, 0.1) is 6.92 Å². The normalized spacial score (nSPS) is 9.86. The summed E-state index contributed by atoms with van der Waals surface area (Å²) in [4.78, 5) is 10.7. The molecule has 1 aromatic carbocycles. The van der Waals surface area contributed by atoms with Crippen LogP contribution < -0.4 is 11.1 Å². The zero-order valence-corrected chi connectivity index (χ0v) is 8.08. The topological polar surface area (TPSA) is 75.3 Å². The van der Waals surface area contributed by atoms with Crippen molar-refractivity contribution in [2.24, 2.45) is 5.73 Å². The molecule has 1 rings (SSSR count). The Morgan fingerprint density at radius 2 is 2.29 bits per heavy atom. The van der Waals surface area contributed by atoms with Gasteiger partial charge in [-0.3, -0.25) is 0 Å². The van der Waals surface area contributed by atoms with E-state index in [1.54, 1.807) is 18.2 Å². The van der Waals surface area contributed by atoms with Crippen LogP contribution in [0.2, 0.25) is 0 Å². The van der Waals surface area contributed by atoms with E-state index in [1.807, 2.05) is 6.92 Å². The molecule has 76 valence electrons. The molecule has 0 radical (unpaired) electrons. The molecule has 0 saturated carbocycles. The monoisotopic (exact) mass is 194 g/mol. The van der Waals surface area contributed by atoms with Gasteiger partial charge >= 0.3 is 5.97 Å². The number of anilines is 1. The summed E-state index contributed by atoms with van der Waals surface area (Å²) in [5.74, 6) is -0.916. The molecule has 0 aliphatic rings. The number of hydrogen-bond donors (Lipinski definition) is 3. The molecule has 0 amide bonds. The smallest absolute Gasteiger partial charge is 0.335 e. The van der Waals surface area contributed by atoms with E-state index in [1.165, 1.54) is 0 Å². The van der Waals surface area contributed by atoms with E-state index in [9.17, 15) is 4.79 Å². The molecular weight excluding hydrogens is 180 g/mol. The molecule has 0 atom stereocenters. The van der Waals surface area contributed by atoms with Gasteiger partial charge in [-0.1, -0.05) is 6.07 Å². The third-order valence-corrected chi connectivity index (χ3v) is 1.94. The van der Waals surface area contributed by atoms with Crippen molar-refractivity contribution in [3.05, 3.63) is 29.3 Å². The highest BCUT2D eigenvalue weighted by atomic mass is 16.4. The number of rotatable bonds is 4. The highest BCUT2D eigenvalue weighted by Crippen LogP contribution is 2.16. The van der Waals surface area contributed by atoms with Gasteiger partial charge in [0.15, 0.2) is 0 Å². The Labute approximate surface area is 82.7 Å². The van der Waals surface area contributed by atoms with Gasteiger partial charge < -0.3 is 16.2 Å². The van der Waals surface area contributed by atoms with Crippen LogP contribution in [0.15, 0.2) is 18.2 Å². The van der Waals surface area contributed by atoms with E-state index >= 15 is 0 Å². The minimum absolute atomic E-state index is 0.287. The largest absolute Gasteiger partial charge is 0.478 e. The van der Waals surface area contributed by atoms with Gasteiger partial charge in [-0.2, -0.15) is 0 Å². The van der Waals surface area contributed by atoms with Crippen molar-refractivity contribution in [1.29, 1.82) is 0 Å². The van der Waals surface area contributed by atoms with Gasteiger partial charge in [0.05, 0.1) is 5.56 Å². The zero-order chi connectivity index (χ0) is 10.6. The third kappa shape index (κ3) is 2.47. The first-order valence-corrected chi connectivity index (χ1v) is 4.43. The summed E-state index contributed by atoms with van der Waals surface area (Å²) in [5, 5.41) is 11.8. The lowest BCUT2D eigenvalue weighted by Crippen LogP contribution is -2.14. The predicted molar refractivity (Wildman–Crippen MR) is 55.7 cm³/mol. The molecule has 4 N–H and O–H groups in total. The summed E-state index contributed by atoms with van der Waals surface area (Å²) in [7, 11) is 0. The van der Waals surface area contributed by atoms with Crippen LogP contribution in [0.1, 0.15) is 15.9 Å². The summed E-state index contributed by atoms with van der Waals surface area (Å²) in [6, 6.07) is 4.99. The predicted octanol–water partition coefficient (Wildman–Crippen LogP) is 1.06. The van der Waals surface area contributed by atoms with E-state index in [4.69, 9.17) is 10.8 Å². The van der Waals surface area contributed by atoms with Crippen molar-refractivity contribution in [2.75, 3.05) is 18.4 Å². The number of carboxylic acids is 1. The van der Waals surface area contributed by atoms with E-state index < -0.39 is 5.97 Å². The summed E-state index contributed by atoms with van der Waals surface area (Å²) in [6.45, 7) is 3.09. The molecule has 14 heavy (non-hydrogen) atoms. The molecule has 0 aliphatic heterocycles. The van der Waals surface area contributed by atoms with Gasteiger partial charge in [0.2, 0.25) is 0 Å². The number of carbonyl (C=O) groups is 1. The maximum atomic E-state index is 10.7. The molecule has 1 aromatic rings. The lowest BCUT2D eigenvalue weighted by Gasteiger charge is -2.08. The van der Waals surface area contributed by atoms with Crippen LogP contribution in [0.4, 0.5) is 5.69 Å². The molecule has 0 fully saturated rings. The third-order valence-electron chi connectivity index (χ3n) is 1.94. The van der Waals surface area contributed by atoms with E-state index in [2.05, 4.69) is 5.32 Å². The molecule has 4 heteroatoms. The van der Waals surface area contributed by atoms with Gasteiger partial charge in [-0.25, -0.2) is 4.79 Å². The van der Waals surface area contributed by atoms with Gasteiger partial charge in [-0.15, -0.1) is 0 Å². The van der Waals surface area contributed by atoms with E-state index in [0.29, 0.717) is 13.1 Å². The molecule has 0 saturated heterocycles. The first kappa shape index (κ1) is 10.5. The van der Waals surface area contributed by atoms with Crippen LogP contribution in [0.5, 0.6) is 0 Å². The number of hydrogen-bond acceptors (Lipinski definition) is 3. The first-order valence-electron chi connectivity index (χ1n) is 4.43. The van der Waals surface area contributed by atoms with Gasteiger partial charge in [-0.05, 0) is 24.6 Å². The highest BCUT2D eigenvalue weighted by Gasteiger charge is 2.04. The second-order valence-corrected chi connectivity index (χ2v) is 3.05. The number of aryl methyl sites for hydroxylation is 1. The standard InChI is InChI=1S/C10H14N2O2/c1-7-2-3-8(10(13)14)6-9(7)12-5-4-11/h2-3,6,12H,4-5,11H2,1H3,(H,13,14). The summed E-state index contributed by atoms with van der Waals surface area (Å²) < 4.78 is 0. The highest BCUT2D eigenvalue weighted by molar-refractivity contribution is 5.89. The minimum atomic E-state index is -0.916. The molecule has 0 bridgehead atoms. The lowest BCUT2D eigenvalue weighted by atomic mass is 10.1. The van der Waals surface area contributed by atoms with Gasteiger partial charge in [0, 0.05) is 18.8 Å². The molecule has 0 heterocycles. The zero-order valence-electron chi connectivity index (χ0n) is 8.08. The summed E-state index contributed by atoms with van der Waals surface area (Å²) >= 11 is 0. The van der Waals surface area contributed by atoms with Crippen molar-refractivity contribution in [1.82, 2.24) is 0 Å². The quantitative estimate of drug-likeness (QED) is 0.670. The van der Waals surface area contributed by atoms with Crippen molar-refractivity contribution in [2.45, 2.75) is 6.92 Å². The van der Waals surface area contributed by atoms with Crippen LogP contribution in [0.3, 0.4) is 0 Å².